The molecule has 2 aromatic rings. The molecule has 0 bridgehead atoms. The third-order valence-corrected chi connectivity index (χ3v) is 4.23. The lowest BCUT2D eigenvalue weighted by atomic mass is 10.0. The summed E-state index contributed by atoms with van der Waals surface area (Å²) in [6.45, 7) is 5.93. The molecule has 1 unspecified atom stereocenters. The first-order chi connectivity index (χ1) is 12.8. The van der Waals surface area contributed by atoms with E-state index in [1.807, 2.05) is 45.0 Å². The summed E-state index contributed by atoms with van der Waals surface area (Å²) in [5.74, 6) is 1.17. The van der Waals surface area contributed by atoms with E-state index in [0.717, 1.165) is 16.5 Å². The number of ether oxygens (including phenoxy) is 3. The van der Waals surface area contributed by atoms with Crippen molar-refractivity contribution in [1.82, 2.24) is 4.57 Å². The number of hydrogen-bond donors (Lipinski definition) is 0. The van der Waals surface area contributed by atoms with Crippen LogP contribution >= 0.6 is 0 Å². The first-order valence-electron chi connectivity index (χ1n) is 8.83. The highest BCUT2D eigenvalue weighted by Crippen LogP contribution is 2.24. The zero-order chi connectivity index (χ0) is 19.6. The fraction of sp³-hybridized carbons (Fsp3) is 0.450. The number of benzene rings is 1. The third kappa shape index (κ3) is 4.13. The highest BCUT2D eigenvalue weighted by Gasteiger charge is 2.24. The molecule has 1 aliphatic rings. The van der Waals surface area contributed by atoms with Crippen molar-refractivity contribution >= 4 is 28.8 Å². The van der Waals surface area contributed by atoms with Crippen molar-refractivity contribution in [3.05, 3.63) is 36.0 Å². The smallest absolute Gasteiger partial charge is 0.418 e. The summed E-state index contributed by atoms with van der Waals surface area (Å²) >= 11 is 0. The largest absolute Gasteiger partial charge is 0.483 e. The van der Waals surface area contributed by atoms with Crippen molar-refractivity contribution in [3.63, 3.8) is 0 Å². The summed E-state index contributed by atoms with van der Waals surface area (Å²) in [5.41, 5.74) is 1.29. The molecule has 1 aromatic carbocycles. The molecule has 3 rings (SSSR count). The Balaban J connectivity index is 1.92. The molecule has 0 fully saturated rings. The Kier molecular flexibility index (Phi) is 5.21. The minimum Gasteiger partial charge on any atom is -0.483 e. The van der Waals surface area contributed by atoms with E-state index >= 15 is 0 Å². The number of aromatic nitrogens is 1. The fourth-order valence-electron chi connectivity index (χ4n) is 3.06. The normalized spacial score (nSPS) is 17.3. The van der Waals surface area contributed by atoms with Gasteiger partial charge in [-0.15, -0.1) is 0 Å². The molecule has 1 aliphatic heterocycles. The Bertz CT molecular complexity index is 906. The van der Waals surface area contributed by atoms with Gasteiger partial charge in [0.15, 0.2) is 0 Å². The molecule has 0 radical (unpaired) electrons. The van der Waals surface area contributed by atoms with Crippen LogP contribution in [0.5, 0.6) is 0 Å². The van der Waals surface area contributed by atoms with Gasteiger partial charge in [0.2, 0.25) is 11.8 Å². The summed E-state index contributed by atoms with van der Waals surface area (Å²) in [6.07, 6.45) is 1.93. The number of aliphatic imine (C=N–C) groups is 2. The monoisotopic (exact) mass is 371 g/mol. The average molecular weight is 371 g/mol. The van der Waals surface area contributed by atoms with Crippen molar-refractivity contribution < 1.29 is 19.0 Å². The highest BCUT2D eigenvalue weighted by molar-refractivity contribution is 5.94. The molecular formula is C20H25N3O4. The number of carbonyl (C=O) groups is 1. The molecule has 0 amide bonds. The zero-order valence-electron chi connectivity index (χ0n) is 16.4. The van der Waals surface area contributed by atoms with Crippen molar-refractivity contribution in [2.45, 2.75) is 38.8 Å². The van der Waals surface area contributed by atoms with Crippen LogP contribution in [0, 0.1) is 0 Å². The summed E-state index contributed by atoms with van der Waals surface area (Å²) < 4.78 is 17.6. The van der Waals surface area contributed by atoms with Gasteiger partial charge in [0.05, 0.1) is 19.7 Å². The molecule has 27 heavy (non-hydrogen) atoms. The number of fused-ring (bicyclic) bond motifs is 1. The van der Waals surface area contributed by atoms with Gasteiger partial charge in [0.1, 0.15) is 18.2 Å². The molecule has 0 aliphatic carbocycles. The van der Waals surface area contributed by atoms with E-state index < -0.39 is 11.7 Å². The van der Waals surface area contributed by atoms with E-state index in [1.165, 1.54) is 4.57 Å². The van der Waals surface area contributed by atoms with Gasteiger partial charge in [0, 0.05) is 18.0 Å². The third-order valence-electron chi connectivity index (χ3n) is 4.23. The maximum atomic E-state index is 12.5. The molecule has 0 saturated heterocycles. The van der Waals surface area contributed by atoms with Crippen LogP contribution in [0.4, 0.5) is 4.79 Å². The molecule has 1 aromatic heterocycles. The highest BCUT2D eigenvalue weighted by atomic mass is 16.6. The standard InChI is InChI=1S/C20H25N3O4/c1-20(2,3)27-19(24)23-10-9-14-13(7-6-8-16(14)23)11-15-18(26-5)21-12-17(22-15)25-4/h6-10,15H,11-12H2,1-5H3. The Morgan fingerprint density at radius 3 is 2.67 bits per heavy atom. The number of nitrogens with zero attached hydrogens (tertiary/aromatic N) is 3. The Hall–Kier alpha value is -2.83. The minimum absolute atomic E-state index is 0.255. The van der Waals surface area contributed by atoms with Gasteiger partial charge < -0.3 is 14.2 Å². The lowest BCUT2D eigenvalue weighted by molar-refractivity contribution is 0.0544. The van der Waals surface area contributed by atoms with E-state index in [9.17, 15) is 4.79 Å². The number of methoxy groups -OCH3 is 2. The van der Waals surface area contributed by atoms with Gasteiger partial charge in [-0.25, -0.2) is 14.8 Å². The van der Waals surface area contributed by atoms with Crippen molar-refractivity contribution in [1.29, 1.82) is 0 Å². The zero-order valence-corrected chi connectivity index (χ0v) is 16.4. The topological polar surface area (TPSA) is 74.4 Å². The average Bonchev–Trinajstić information content (AvgIpc) is 3.05. The van der Waals surface area contributed by atoms with Crippen LogP contribution in [-0.4, -0.2) is 54.9 Å². The van der Waals surface area contributed by atoms with Crippen molar-refractivity contribution in [2.24, 2.45) is 9.98 Å². The van der Waals surface area contributed by atoms with Crippen LogP contribution in [0.1, 0.15) is 26.3 Å². The fourth-order valence-corrected chi connectivity index (χ4v) is 3.06. The van der Waals surface area contributed by atoms with E-state index in [1.54, 1.807) is 20.4 Å². The molecule has 7 heteroatoms. The SMILES string of the molecule is COC1=NC(Cc2cccc3c2ccn3C(=O)OC(C)(C)C)C(OC)=NC1. The predicted molar refractivity (Wildman–Crippen MR) is 105 cm³/mol. The van der Waals surface area contributed by atoms with E-state index in [0.29, 0.717) is 24.8 Å². The second-order valence-corrected chi connectivity index (χ2v) is 7.32. The van der Waals surface area contributed by atoms with Crippen LogP contribution in [0.25, 0.3) is 10.9 Å². The quantitative estimate of drug-likeness (QED) is 0.810. The van der Waals surface area contributed by atoms with Crippen LogP contribution in [-0.2, 0) is 20.6 Å². The Labute approximate surface area is 158 Å². The van der Waals surface area contributed by atoms with Gasteiger partial charge in [-0.3, -0.25) is 4.57 Å². The maximum absolute atomic E-state index is 12.5. The molecule has 0 saturated carbocycles. The molecule has 0 spiro atoms. The summed E-state index contributed by atoms with van der Waals surface area (Å²) in [7, 11) is 3.18. The molecule has 2 heterocycles. The van der Waals surface area contributed by atoms with E-state index in [2.05, 4.69) is 9.98 Å². The van der Waals surface area contributed by atoms with E-state index in [4.69, 9.17) is 14.2 Å². The molecule has 144 valence electrons. The number of rotatable bonds is 2. The van der Waals surface area contributed by atoms with Gasteiger partial charge in [-0.1, -0.05) is 12.1 Å². The summed E-state index contributed by atoms with van der Waals surface area (Å²) in [4.78, 5) is 21.5. The number of carbonyl (C=O) groups excluding carboxylic acids is 1. The van der Waals surface area contributed by atoms with Gasteiger partial charge >= 0.3 is 6.09 Å². The number of hydrogen-bond acceptors (Lipinski definition) is 6. The van der Waals surface area contributed by atoms with Crippen LogP contribution in [0.15, 0.2) is 40.4 Å². The molecular weight excluding hydrogens is 346 g/mol. The van der Waals surface area contributed by atoms with Crippen molar-refractivity contribution in [3.8, 4) is 0 Å². The second-order valence-electron chi connectivity index (χ2n) is 7.32. The van der Waals surface area contributed by atoms with Gasteiger partial charge in [0.25, 0.3) is 0 Å². The van der Waals surface area contributed by atoms with E-state index in [-0.39, 0.29) is 6.04 Å². The van der Waals surface area contributed by atoms with Crippen molar-refractivity contribution in [2.75, 3.05) is 20.8 Å². The van der Waals surface area contributed by atoms with Crippen LogP contribution in [0.2, 0.25) is 0 Å². The summed E-state index contributed by atoms with van der Waals surface area (Å²) in [6, 6.07) is 7.51. The first-order valence-corrected chi connectivity index (χ1v) is 8.83. The second kappa shape index (κ2) is 7.42. The lowest BCUT2D eigenvalue weighted by Gasteiger charge is -2.20. The minimum atomic E-state index is -0.553. The summed E-state index contributed by atoms with van der Waals surface area (Å²) in [5, 5.41) is 0.971. The Morgan fingerprint density at radius 1 is 1.22 bits per heavy atom. The van der Waals surface area contributed by atoms with Gasteiger partial charge in [-0.2, -0.15) is 0 Å². The molecule has 0 N–H and O–H groups in total. The Morgan fingerprint density at radius 2 is 2.00 bits per heavy atom. The first kappa shape index (κ1) is 18.9. The molecule has 1 atom stereocenters. The van der Waals surface area contributed by atoms with Crippen LogP contribution < -0.4 is 0 Å². The lowest BCUT2D eigenvalue weighted by Crippen LogP contribution is -2.30. The maximum Gasteiger partial charge on any atom is 0.418 e. The van der Waals surface area contributed by atoms with Gasteiger partial charge in [-0.05, 0) is 38.5 Å². The molecule has 7 nitrogen and oxygen atoms in total. The predicted octanol–water partition coefficient (Wildman–Crippen LogP) is 3.44. The van der Waals surface area contributed by atoms with Crippen LogP contribution in [0.3, 0.4) is 0 Å².